The van der Waals surface area contributed by atoms with Crippen LogP contribution in [-0.4, -0.2) is 0 Å². The molecule has 0 heterocycles. The van der Waals surface area contributed by atoms with Crippen LogP contribution >= 0.6 is 0 Å². The summed E-state index contributed by atoms with van der Waals surface area (Å²) >= 11 is 0. The van der Waals surface area contributed by atoms with Crippen LogP contribution in [0.1, 0.15) is 55.2 Å². The van der Waals surface area contributed by atoms with Crippen molar-refractivity contribution >= 4 is 10.8 Å². The third kappa shape index (κ3) is 3.08. The second kappa shape index (κ2) is 7.00. The molecular formula is C24H25F. The molecule has 1 aliphatic carbocycles. The Kier molecular flexibility index (Phi) is 4.57. The van der Waals surface area contributed by atoms with Crippen LogP contribution in [0.3, 0.4) is 0 Å². The topological polar surface area (TPSA) is 0 Å². The molecule has 0 fully saturated rings. The quantitative estimate of drug-likeness (QED) is 0.489. The maximum Gasteiger partial charge on any atom is 0.123 e. The van der Waals surface area contributed by atoms with Crippen LogP contribution in [0, 0.1) is 11.7 Å². The van der Waals surface area contributed by atoms with Crippen LogP contribution in [0.5, 0.6) is 0 Å². The average Bonchev–Trinajstić information content (AvgIpc) is 2.66. The van der Waals surface area contributed by atoms with Gasteiger partial charge in [-0.15, -0.1) is 0 Å². The summed E-state index contributed by atoms with van der Waals surface area (Å²) in [7, 11) is 0. The van der Waals surface area contributed by atoms with Gasteiger partial charge in [0, 0.05) is 5.92 Å². The minimum Gasteiger partial charge on any atom is -0.207 e. The fourth-order valence-corrected chi connectivity index (χ4v) is 4.57. The van der Waals surface area contributed by atoms with Gasteiger partial charge < -0.3 is 0 Å². The van der Waals surface area contributed by atoms with E-state index in [4.69, 9.17) is 0 Å². The van der Waals surface area contributed by atoms with Crippen molar-refractivity contribution < 1.29 is 4.39 Å². The van der Waals surface area contributed by atoms with Gasteiger partial charge in [-0.05, 0) is 64.8 Å². The van der Waals surface area contributed by atoms with Crippen LogP contribution in [0.4, 0.5) is 4.39 Å². The summed E-state index contributed by atoms with van der Waals surface area (Å²) in [6.07, 6.45) is 6.14. The van der Waals surface area contributed by atoms with Crippen LogP contribution in [0.25, 0.3) is 10.8 Å². The first-order valence-electron chi connectivity index (χ1n) is 9.54. The van der Waals surface area contributed by atoms with Crippen molar-refractivity contribution in [3.05, 3.63) is 83.2 Å². The standard InChI is InChI=1S/C24H25F/c1-2-3-6-18-12-15-22-21-8-5-4-7-17(21)11-16-23(22)24(18)19-9-13-20(25)14-10-19/h4-5,7-11,13-14,16,18,24H,2-3,6,12,15H2,1H3/t18-,24-/m1/s1. The lowest BCUT2D eigenvalue weighted by atomic mass is 9.69. The van der Waals surface area contributed by atoms with E-state index in [1.807, 2.05) is 12.1 Å². The Balaban J connectivity index is 1.84. The highest BCUT2D eigenvalue weighted by Gasteiger charge is 2.31. The summed E-state index contributed by atoms with van der Waals surface area (Å²) in [4.78, 5) is 0. The number of unbranched alkanes of at least 4 members (excludes halogenated alkanes) is 1. The van der Waals surface area contributed by atoms with Gasteiger partial charge in [-0.1, -0.05) is 68.3 Å². The van der Waals surface area contributed by atoms with Crippen LogP contribution in [0.2, 0.25) is 0 Å². The second-order valence-corrected chi connectivity index (χ2v) is 7.32. The Labute approximate surface area is 149 Å². The minimum absolute atomic E-state index is 0.150. The molecule has 0 aromatic heterocycles. The third-order valence-electron chi connectivity index (χ3n) is 5.81. The molecule has 0 spiro atoms. The Morgan fingerprint density at radius 1 is 0.960 bits per heavy atom. The normalized spacial score (nSPS) is 19.8. The maximum atomic E-state index is 13.5. The summed E-state index contributed by atoms with van der Waals surface area (Å²) in [5.41, 5.74) is 4.22. The first-order chi connectivity index (χ1) is 12.3. The number of hydrogen-bond donors (Lipinski definition) is 0. The monoisotopic (exact) mass is 332 g/mol. The van der Waals surface area contributed by atoms with Gasteiger partial charge in [-0.25, -0.2) is 4.39 Å². The number of fused-ring (bicyclic) bond motifs is 3. The molecule has 0 nitrogen and oxygen atoms in total. The van der Waals surface area contributed by atoms with Crippen molar-refractivity contribution in [2.24, 2.45) is 5.92 Å². The largest absolute Gasteiger partial charge is 0.207 e. The molecule has 0 bridgehead atoms. The molecule has 128 valence electrons. The number of benzene rings is 3. The molecule has 2 atom stereocenters. The summed E-state index contributed by atoms with van der Waals surface area (Å²) in [6, 6.07) is 20.5. The molecule has 0 saturated heterocycles. The SMILES string of the molecule is CCCC[C@@H]1CCc2c(ccc3ccccc23)[C@H]1c1ccc(F)cc1. The van der Waals surface area contributed by atoms with E-state index in [1.165, 1.54) is 53.1 Å². The molecule has 0 unspecified atom stereocenters. The van der Waals surface area contributed by atoms with E-state index in [1.54, 1.807) is 12.1 Å². The van der Waals surface area contributed by atoms with E-state index in [0.29, 0.717) is 11.8 Å². The van der Waals surface area contributed by atoms with Gasteiger partial charge in [0.15, 0.2) is 0 Å². The van der Waals surface area contributed by atoms with E-state index >= 15 is 0 Å². The number of aryl methyl sites for hydroxylation is 1. The summed E-state index contributed by atoms with van der Waals surface area (Å²) in [6.45, 7) is 2.26. The van der Waals surface area contributed by atoms with Gasteiger partial charge in [0.1, 0.15) is 5.82 Å². The van der Waals surface area contributed by atoms with Crippen LogP contribution in [-0.2, 0) is 6.42 Å². The van der Waals surface area contributed by atoms with Crippen molar-refractivity contribution in [3.8, 4) is 0 Å². The predicted molar refractivity (Wildman–Crippen MR) is 104 cm³/mol. The molecule has 1 heteroatoms. The molecule has 0 aliphatic heterocycles. The Bertz CT molecular complexity index is 863. The number of rotatable bonds is 4. The highest BCUT2D eigenvalue weighted by molar-refractivity contribution is 5.87. The van der Waals surface area contributed by atoms with Crippen molar-refractivity contribution in [2.75, 3.05) is 0 Å². The van der Waals surface area contributed by atoms with Gasteiger partial charge in [0.25, 0.3) is 0 Å². The van der Waals surface area contributed by atoms with Crippen molar-refractivity contribution in [1.29, 1.82) is 0 Å². The average molecular weight is 332 g/mol. The number of halogens is 1. The maximum absolute atomic E-state index is 13.5. The molecule has 0 saturated carbocycles. The molecule has 0 amide bonds. The Morgan fingerprint density at radius 2 is 1.76 bits per heavy atom. The summed E-state index contributed by atoms with van der Waals surface area (Å²) < 4.78 is 13.5. The zero-order valence-electron chi connectivity index (χ0n) is 14.8. The first kappa shape index (κ1) is 16.3. The predicted octanol–water partition coefficient (Wildman–Crippen LogP) is 6.86. The second-order valence-electron chi connectivity index (χ2n) is 7.32. The lowest BCUT2D eigenvalue weighted by Crippen LogP contribution is -2.22. The van der Waals surface area contributed by atoms with Gasteiger partial charge >= 0.3 is 0 Å². The van der Waals surface area contributed by atoms with Gasteiger partial charge in [0.05, 0.1) is 0 Å². The van der Waals surface area contributed by atoms with Gasteiger partial charge in [-0.3, -0.25) is 0 Å². The molecule has 3 aromatic carbocycles. The van der Waals surface area contributed by atoms with E-state index in [9.17, 15) is 4.39 Å². The lowest BCUT2D eigenvalue weighted by molar-refractivity contribution is 0.372. The van der Waals surface area contributed by atoms with Crippen LogP contribution < -0.4 is 0 Å². The fourth-order valence-electron chi connectivity index (χ4n) is 4.57. The summed E-state index contributed by atoms with van der Waals surface area (Å²) in [5.74, 6) is 0.892. The lowest BCUT2D eigenvalue weighted by Gasteiger charge is -2.35. The van der Waals surface area contributed by atoms with Gasteiger partial charge in [0.2, 0.25) is 0 Å². The number of hydrogen-bond acceptors (Lipinski definition) is 0. The van der Waals surface area contributed by atoms with Crippen molar-refractivity contribution in [3.63, 3.8) is 0 Å². The molecule has 4 rings (SSSR count). The molecular weight excluding hydrogens is 307 g/mol. The van der Waals surface area contributed by atoms with E-state index in [-0.39, 0.29) is 5.82 Å². The van der Waals surface area contributed by atoms with E-state index in [2.05, 4.69) is 43.3 Å². The zero-order chi connectivity index (χ0) is 17.2. The molecule has 0 N–H and O–H groups in total. The molecule has 0 radical (unpaired) electrons. The fraction of sp³-hybridized carbons (Fsp3) is 0.333. The Morgan fingerprint density at radius 3 is 2.56 bits per heavy atom. The third-order valence-corrected chi connectivity index (χ3v) is 5.81. The highest BCUT2D eigenvalue weighted by Crippen LogP contribution is 2.45. The zero-order valence-corrected chi connectivity index (χ0v) is 14.8. The summed E-state index contributed by atoms with van der Waals surface area (Å²) in [5, 5.41) is 2.71. The van der Waals surface area contributed by atoms with Crippen LogP contribution in [0.15, 0.2) is 60.7 Å². The first-order valence-corrected chi connectivity index (χ1v) is 9.54. The van der Waals surface area contributed by atoms with Gasteiger partial charge in [-0.2, -0.15) is 0 Å². The minimum atomic E-state index is -0.150. The smallest absolute Gasteiger partial charge is 0.123 e. The van der Waals surface area contributed by atoms with E-state index in [0.717, 1.165) is 6.42 Å². The van der Waals surface area contributed by atoms with Crippen molar-refractivity contribution in [1.82, 2.24) is 0 Å². The molecule has 3 aromatic rings. The van der Waals surface area contributed by atoms with E-state index < -0.39 is 0 Å². The molecule has 1 aliphatic rings. The van der Waals surface area contributed by atoms with Crippen molar-refractivity contribution in [2.45, 2.75) is 44.9 Å². The molecule has 25 heavy (non-hydrogen) atoms. The Hall–Kier alpha value is -2.15. The highest BCUT2D eigenvalue weighted by atomic mass is 19.1.